The molecule has 0 spiro atoms. The number of nitrogens with zero attached hydrogens (tertiary/aromatic N) is 1. The van der Waals surface area contributed by atoms with E-state index in [1.807, 2.05) is 37.3 Å². The normalized spacial score (nSPS) is 10.8. The van der Waals surface area contributed by atoms with Crippen molar-refractivity contribution in [1.29, 1.82) is 0 Å². The predicted molar refractivity (Wildman–Crippen MR) is 87.1 cm³/mol. The molecule has 0 saturated carbocycles. The fourth-order valence-corrected chi connectivity index (χ4v) is 2.63. The molecule has 3 aromatic rings. The number of benzene rings is 2. The van der Waals surface area contributed by atoms with Crippen LogP contribution < -0.4 is 0 Å². The van der Waals surface area contributed by atoms with Crippen LogP contribution in [0.2, 0.25) is 5.02 Å². The van der Waals surface area contributed by atoms with Gasteiger partial charge < -0.3 is 0 Å². The van der Waals surface area contributed by atoms with Gasteiger partial charge in [0.05, 0.1) is 11.2 Å². The third-order valence-corrected chi connectivity index (χ3v) is 4.06. The largest absolute Gasteiger partial charge is 0.276 e. The van der Waals surface area contributed by atoms with Crippen LogP contribution in [0.3, 0.4) is 0 Å². The van der Waals surface area contributed by atoms with Gasteiger partial charge in [0.25, 0.3) is 5.24 Å². The van der Waals surface area contributed by atoms with Crippen LogP contribution in [0, 0.1) is 6.92 Å². The molecule has 4 heteroatoms. The molecule has 0 amide bonds. The predicted octanol–water partition coefficient (Wildman–Crippen LogP) is 5.24. The van der Waals surface area contributed by atoms with Crippen molar-refractivity contribution < 1.29 is 4.79 Å². The summed E-state index contributed by atoms with van der Waals surface area (Å²) < 4.78 is 0. The lowest BCUT2D eigenvalue weighted by molar-refractivity contribution is 0.108. The molecule has 0 atom stereocenters. The number of rotatable bonds is 2. The van der Waals surface area contributed by atoms with Gasteiger partial charge >= 0.3 is 0 Å². The summed E-state index contributed by atoms with van der Waals surface area (Å²) in [6, 6.07) is 14.9. The molecular formula is C17H11Cl2NO. The first kappa shape index (κ1) is 14.1. The molecule has 0 bridgehead atoms. The maximum absolute atomic E-state index is 11.7. The minimum absolute atomic E-state index is 0.445. The molecular weight excluding hydrogens is 305 g/mol. The van der Waals surface area contributed by atoms with Crippen LogP contribution in [0.15, 0.2) is 48.5 Å². The van der Waals surface area contributed by atoms with Gasteiger partial charge in [0, 0.05) is 21.5 Å². The second kappa shape index (κ2) is 5.47. The number of hydrogen-bond acceptors (Lipinski definition) is 2. The lowest BCUT2D eigenvalue weighted by Gasteiger charge is -2.10. The SMILES string of the molecule is Cc1c(Cl)ccc2c(C(=O)Cl)cc(-c3ccccc3)nc12. The first-order chi connectivity index (χ1) is 10.1. The van der Waals surface area contributed by atoms with Gasteiger partial charge in [0.1, 0.15) is 0 Å². The van der Waals surface area contributed by atoms with Crippen LogP contribution in [-0.2, 0) is 0 Å². The average molecular weight is 316 g/mol. The van der Waals surface area contributed by atoms with Crippen molar-refractivity contribution in [1.82, 2.24) is 4.98 Å². The Kier molecular flexibility index (Phi) is 3.66. The number of aryl methyl sites for hydroxylation is 1. The van der Waals surface area contributed by atoms with Gasteiger partial charge in [-0.15, -0.1) is 0 Å². The number of carbonyl (C=O) groups excluding carboxylic acids is 1. The lowest BCUT2D eigenvalue weighted by Crippen LogP contribution is -1.97. The zero-order chi connectivity index (χ0) is 15.0. The van der Waals surface area contributed by atoms with Crippen LogP contribution in [0.5, 0.6) is 0 Å². The second-order valence-electron chi connectivity index (χ2n) is 4.76. The molecule has 0 N–H and O–H groups in total. The second-order valence-corrected chi connectivity index (χ2v) is 5.51. The summed E-state index contributed by atoms with van der Waals surface area (Å²) in [6.45, 7) is 1.88. The van der Waals surface area contributed by atoms with Crippen molar-refractivity contribution >= 4 is 39.3 Å². The van der Waals surface area contributed by atoms with E-state index in [1.165, 1.54) is 0 Å². The lowest BCUT2D eigenvalue weighted by atomic mass is 10.0. The van der Waals surface area contributed by atoms with E-state index in [0.717, 1.165) is 16.5 Å². The van der Waals surface area contributed by atoms with Gasteiger partial charge in [0.2, 0.25) is 0 Å². The Bertz CT molecular complexity index is 844. The maximum Gasteiger partial charge on any atom is 0.253 e. The minimum atomic E-state index is -0.499. The number of pyridine rings is 1. The highest BCUT2D eigenvalue weighted by Crippen LogP contribution is 2.30. The fraction of sp³-hybridized carbons (Fsp3) is 0.0588. The zero-order valence-corrected chi connectivity index (χ0v) is 12.7. The van der Waals surface area contributed by atoms with Gasteiger partial charge in [-0.3, -0.25) is 4.79 Å². The monoisotopic (exact) mass is 315 g/mol. The summed E-state index contributed by atoms with van der Waals surface area (Å²) in [4.78, 5) is 16.4. The number of halogens is 2. The highest BCUT2D eigenvalue weighted by atomic mass is 35.5. The molecule has 3 rings (SSSR count). The van der Waals surface area contributed by atoms with Crippen molar-refractivity contribution in [3.63, 3.8) is 0 Å². The highest BCUT2D eigenvalue weighted by molar-refractivity contribution is 6.68. The Morgan fingerprint density at radius 3 is 2.48 bits per heavy atom. The van der Waals surface area contributed by atoms with Crippen LogP contribution in [0.25, 0.3) is 22.2 Å². The number of hydrogen-bond donors (Lipinski definition) is 0. The quantitative estimate of drug-likeness (QED) is 0.605. The molecule has 104 valence electrons. The molecule has 0 aliphatic carbocycles. The van der Waals surface area contributed by atoms with E-state index in [-0.39, 0.29) is 0 Å². The number of carbonyl (C=O) groups is 1. The van der Waals surface area contributed by atoms with E-state index in [0.29, 0.717) is 21.8 Å². The van der Waals surface area contributed by atoms with Crippen LogP contribution in [0.4, 0.5) is 0 Å². The van der Waals surface area contributed by atoms with Crippen LogP contribution >= 0.6 is 23.2 Å². The van der Waals surface area contributed by atoms with Gasteiger partial charge in [-0.1, -0.05) is 48.0 Å². The number of fused-ring (bicyclic) bond motifs is 1. The smallest absolute Gasteiger partial charge is 0.253 e. The summed E-state index contributed by atoms with van der Waals surface area (Å²) in [7, 11) is 0. The molecule has 0 unspecified atom stereocenters. The zero-order valence-electron chi connectivity index (χ0n) is 11.2. The third kappa shape index (κ3) is 2.53. The van der Waals surface area contributed by atoms with Crippen molar-refractivity contribution in [3.8, 4) is 11.3 Å². The molecule has 1 aromatic heterocycles. The van der Waals surface area contributed by atoms with Crippen molar-refractivity contribution in [2.24, 2.45) is 0 Å². The van der Waals surface area contributed by atoms with E-state index in [4.69, 9.17) is 23.2 Å². The molecule has 0 fully saturated rings. The Hall–Kier alpha value is -1.90. The van der Waals surface area contributed by atoms with E-state index in [2.05, 4.69) is 4.98 Å². The Morgan fingerprint density at radius 1 is 1.10 bits per heavy atom. The van der Waals surface area contributed by atoms with E-state index >= 15 is 0 Å². The molecule has 0 saturated heterocycles. The standard InChI is InChI=1S/C17H11Cl2NO/c1-10-14(18)8-7-12-13(17(19)21)9-15(20-16(10)12)11-5-3-2-4-6-11/h2-9H,1H3. The van der Waals surface area contributed by atoms with Crippen molar-refractivity contribution in [2.75, 3.05) is 0 Å². The van der Waals surface area contributed by atoms with Gasteiger partial charge in [-0.05, 0) is 36.2 Å². The van der Waals surface area contributed by atoms with Crippen molar-refractivity contribution in [2.45, 2.75) is 6.92 Å². The molecule has 2 nitrogen and oxygen atoms in total. The summed E-state index contributed by atoms with van der Waals surface area (Å²) in [5, 5.41) is 0.839. The Morgan fingerprint density at radius 2 is 1.81 bits per heavy atom. The third-order valence-electron chi connectivity index (χ3n) is 3.45. The van der Waals surface area contributed by atoms with Gasteiger partial charge in [-0.25, -0.2) is 4.98 Å². The topological polar surface area (TPSA) is 30.0 Å². The van der Waals surface area contributed by atoms with Gasteiger partial charge in [0.15, 0.2) is 0 Å². The Balaban J connectivity index is 2.39. The summed E-state index contributed by atoms with van der Waals surface area (Å²) in [5.74, 6) is 0. The molecule has 0 aliphatic heterocycles. The Labute approximate surface area is 132 Å². The van der Waals surface area contributed by atoms with Gasteiger partial charge in [-0.2, -0.15) is 0 Å². The van der Waals surface area contributed by atoms with Crippen molar-refractivity contribution in [3.05, 3.63) is 64.7 Å². The van der Waals surface area contributed by atoms with E-state index in [1.54, 1.807) is 18.2 Å². The van der Waals surface area contributed by atoms with E-state index < -0.39 is 5.24 Å². The van der Waals surface area contributed by atoms with Crippen LogP contribution in [-0.4, -0.2) is 10.2 Å². The van der Waals surface area contributed by atoms with E-state index in [9.17, 15) is 4.79 Å². The minimum Gasteiger partial charge on any atom is -0.276 e. The summed E-state index contributed by atoms with van der Waals surface area (Å²) in [5.41, 5.74) is 3.62. The van der Waals surface area contributed by atoms with Crippen LogP contribution in [0.1, 0.15) is 15.9 Å². The summed E-state index contributed by atoms with van der Waals surface area (Å²) >= 11 is 11.9. The maximum atomic E-state index is 11.7. The molecule has 2 aromatic carbocycles. The first-order valence-corrected chi connectivity index (χ1v) is 7.18. The first-order valence-electron chi connectivity index (χ1n) is 6.43. The molecule has 0 aliphatic rings. The molecule has 21 heavy (non-hydrogen) atoms. The summed E-state index contributed by atoms with van der Waals surface area (Å²) in [6.07, 6.45) is 0. The molecule has 1 heterocycles. The molecule has 0 radical (unpaired) electrons. The number of aromatic nitrogens is 1. The fourth-order valence-electron chi connectivity index (χ4n) is 2.32. The average Bonchev–Trinajstić information content (AvgIpc) is 2.51. The highest BCUT2D eigenvalue weighted by Gasteiger charge is 2.14.